The lowest BCUT2D eigenvalue weighted by Crippen LogP contribution is -2.32. The molecule has 2 aromatic carbocycles. The molecule has 0 aliphatic heterocycles. The zero-order chi connectivity index (χ0) is 20.4. The number of para-hydroxylation sites is 1. The first-order chi connectivity index (χ1) is 14.0. The number of hydrogen-bond acceptors (Lipinski definition) is 5. The number of aliphatic hydroxyl groups is 1. The third-order valence-electron chi connectivity index (χ3n) is 4.70. The molecule has 0 radical (unpaired) electrons. The number of aryl methyl sites for hydroxylation is 2. The molecule has 2 aromatic heterocycles. The van der Waals surface area contributed by atoms with Gasteiger partial charge in [0.25, 0.3) is 5.56 Å². The molecule has 1 N–H and O–H groups in total. The molecule has 7 nitrogen and oxygen atoms in total. The third kappa shape index (κ3) is 4.05. The van der Waals surface area contributed by atoms with Crippen molar-refractivity contribution < 1.29 is 9.84 Å². The van der Waals surface area contributed by atoms with Gasteiger partial charge in [-0.15, -0.1) is 0 Å². The highest BCUT2D eigenvalue weighted by atomic mass is 16.5. The predicted octanol–water partition coefficient (Wildman–Crippen LogP) is 2.64. The zero-order valence-electron chi connectivity index (χ0n) is 16.3. The number of aliphatic hydroxyl groups excluding tert-OH is 1. The Morgan fingerprint density at radius 3 is 2.72 bits per heavy atom. The van der Waals surface area contributed by atoms with Crippen LogP contribution < -0.4 is 10.3 Å². The number of hydrogen-bond donors (Lipinski definition) is 1. The number of rotatable bonds is 6. The van der Waals surface area contributed by atoms with Gasteiger partial charge in [-0.1, -0.05) is 30.3 Å². The molecule has 148 valence electrons. The van der Waals surface area contributed by atoms with Gasteiger partial charge < -0.3 is 9.84 Å². The van der Waals surface area contributed by atoms with Gasteiger partial charge in [-0.2, -0.15) is 10.2 Å². The van der Waals surface area contributed by atoms with E-state index >= 15 is 0 Å². The van der Waals surface area contributed by atoms with Crippen molar-refractivity contribution in [3.63, 3.8) is 0 Å². The molecule has 4 aromatic rings. The van der Waals surface area contributed by atoms with E-state index in [9.17, 15) is 9.90 Å². The fourth-order valence-electron chi connectivity index (χ4n) is 3.10. The average Bonchev–Trinajstić information content (AvgIpc) is 3.17. The summed E-state index contributed by atoms with van der Waals surface area (Å²) < 4.78 is 8.60. The van der Waals surface area contributed by atoms with Gasteiger partial charge in [-0.25, -0.2) is 9.36 Å². The Labute approximate surface area is 167 Å². The van der Waals surface area contributed by atoms with Crippen molar-refractivity contribution in [2.24, 2.45) is 0 Å². The summed E-state index contributed by atoms with van der Waals surface area (Å²) >= 11 is 0. The molecule has 0 saturated heterocycles. The van der Waals surface area contributed by atoms with E-state index in [1.807, 2.05) is 62.4 Å². The second-order valence-corrected chi connectivity index (χ2v) is 7.08. The molecule has 1 atom stereocenters. The van der Waals surface area contributed by atoms with Crippen molar-refractivity contribution in [1.82, 2.24) is 19.6 Å². The van der Waals surface area contributed by atoms with Crippen molar-refractivity contribution in [3.8, 4) is 11.4 Å². The summed E-state index contributed by atoms with van der Waals surface area (Å²) in [7, 11) is 0. The molecule has 0 fully saturated rings. The predicted molar refractivity (Wildman–Crippen MR) is 111 cm³/mol. The molecule has 2 heterocycles. The van der Waals surface area contributed by atoms with Gasteiger partial charge in [0, 0.05) is 11.6 Å². The van der Waals surface area contributed by atoms with E-state index in [0.717, 1.165) is 22.6 Å². The quantitative estimate of drug-likeness (QED) is 0.547. The van der Waals surface area contributed by atoms with Crippen LogP contribution in [0.5, 0.6) is 5.75 Å². The molecular formula is C22H22N4O3. The lowest BCUT2D eigenvalue weighted by molar-refractivity contribution is 0.0878. The van der Waals surface area contributed by atoms with Crippen molar-refractivity contribution in [2.75, 3.05) is 6.61 Å². The van der Waals surface area contributed by atoms with Gasteiger partial charge in [0.2, 0.25) is 0 Å². The van der Waals surface area contributed by atoms with Crippen LogP contribution in [0.4, 0.5) is 0 Å². The van der Waals surface area contributed by atoms with E-state index in [0.29, 0.717) is 10.9 Å². The first kappa shape index (κ1) is 18.9. The number of aromatic nitrogens is 4. The summed E-state index contributed by atoms with van der Waals surface area (Å²) in [6.07, 6.45) is 2.47. The highest BCUT2D eigenvalue weighted by Gasteiger charge is 2.14. The molecule has 7 heteroatoms. The van der Waals surface area contributed by atoms with Crippen LogP contribution in [0, 0.1) is 13.8 Å². The van der Waals surface area contributed by atoms with Crippen LogP contribution in [0.3, 0.4) is 0 Å². The molecule has 0 spiro atoms. The van der Waals surface area contributed by atoms with Crippen LogP contribution >= 0.6 is 0 Å². The lowest BCUT2D eigenvalue weighted by Gasteiger charge is -2.14. The van der Waals surface area contributed by atoms with Crippen molar-refractivity contribution in [3.05, 3.63) is 82.4 Å². The molecule has 0 aliphatic rings. The van der Waals surface area contributed by atoms with Crippen LogP contribution in [0.1, 0.15) is 11.1 Å². The molecule has 4 rings (SSSR count). The minimum absolute atomic E-state index is 0.0256. The van der Waals surface area contributed by atoms with Gasteiger partial charge >= 0.3 is 0 Å². The summed E-state index contributed by atoms with van der Waals surface area (Å²) in [5.74, 6) is 0.724. The molecule has 0 aliphatic carbocycles. The molecule has 29 heavy (non-hydrogen) atoms. The number of benzene rings is 2. The largest absolute Gasteiger partial charge is 0.491 e. The van der Waals surface area contributed by atoms with Crippen LogP contribution in [-0.4, -0.2) is 37.4 Å². The highest BCUT2D eigenvalue weighted by Crippen LogP contribution is 2.19. The van der Waals surface area contributed by atoms with E-state index < -0.39 is 6.10 Å². The summed E-state index contributed by atoms with van der Waals surface area (Å²) in [4.78, 5) is 12.8. The minimum atomic E-state index is -0.881. The third-order valence-corrected chi connectivity index (χ3v) is 4.70. The number of nitrogens with zero attached hydrogens (tertiary/aromatic N) is 4. The molecule has 1 unspecified atom stereocenters. The maximum Gasteiger partial charge on any atom is 0.295 e. The van der Waals surface area contributed by atoms with Crippen molar-refractivity contribution in [2.45, 2.75) is 26.5 Å². The summed E-state index contributed by atoms with van der Waals surface area (Å²) in [5, 5.41) is 19.6. The Morgan fingerprint density at radius 1 is 1.14 bits per heavy atom. The zero-order valence-corrected chi connectivity index (χ0v) is 16.3. The Balaban J connectivity index is 1.51. The fraction of sp³-hybridized carbons (Fsp3) is 0.227. The Kier molecular flexibility index (Phi) is 5.14. The minimum Gasteiger partial charge on any atom is -0.491 e. The standard InChI is InChI=1S/C22H22N4O3/c1-15-8-9-16(2)20(10-15)29-14-19(27)13-26-22(28)21-17(11-23-26)12-25(24-21)18-6-4-3-5-7-18/h3-12,19,27H,13-14H2,1-2H3. The molecule has 0 bridgehead atoms. The van der Waals surface area contributed by atoms with E-state index in [1.165, 1.54) is 4.68 Å². The monoisotopic (exact) mass is 390 g/mol. The van der Waals surface area contributed by atoms with Crippen LogP contribution in [-0.2, 0) is 6.54 Å². The SMILES string of the molecule is Cc1ccc(C)c(OCC(O)Cn2ncc3cn(-c4ccccc4)nc3c2=O)c1. The Bertz CT molecular complexity index is 1200. The smallest absolute Gasteiger partial charge is 0.295 e. The van der Waals surface area contributed by atoms with Crippen molar-refractivity contribution >= 4 is 10.9 Å². The second-order valence-electron chi connectivity index (χ2n) is 7.08. The van der Waals surface area contributed by atoms with Gasteiger partial charge in [0.1, 0.15) is 18.5 Å². The molecular weight excluding hydrogens is 368 g/mol. The van der Waals surface area contributed by atoms with E-state index in [1.54, 1.807) is 17.1 Å². The molecule has 0 saturated carbocycles. The average molecular weight is 390 g/mol. The molecule has 0 amide bonds. The first-order valence-electron chi connectivity index (χ1n) is 9.40. The van der Waals surface area contributed by atoms with Gasteiger partial charge in [-0.05, 0) is 43.2 Å². The first-order valence-corrected chi connectivity index (χ1v) is 9.40. The van der Waals surface area contributed by atoms with Crippen LogP contribution in [0.15, 0.2) is 65.7 Å². The summed E-state index contributed by atoms with van der Waals surface area (Å²) in [6, 6.07) is 15.5. The number of ether oxygens (including phenoxy) is 1. The van der Waals surface area contributed by atoms with Crippen LogP contribution in [0.25, 0.3) is 16.6 Å². The Hall–Kier alpha value is -3.45. The van der Waals surface area contributed by atoms with Crippen molar-refractivity contribution in [1.29, 1.82) is 0 Å². The normalized spacial score (nSPS) is 12.2. The van der Waals surface area contributed by atoms with E-state index in [4.69, 9.17) is 4.74 Å². The topological polar surface area (TPSA) is 82.2 Å². The van der Waals surface area contributed by atoms with Gasteiger partial charge in [0.05, 0.1) is 18.4 Å². The second kappa shape index (κ2) is 7.89. The van der Waals surface area contributed by atoms with Gasteiger partial charge in [0.15, 0.2) is 5.52 Å². The maximum atomic E-state index is 12.8. The Morgan fingerprint density at radius 2 is 1.93 bits per heavy atom. The number of fused-ring (bicyclic) bond motifs is 1. The van der Waals surface area contributed by atoms with Gasteiger partial charge in [-0.3, -0.25) is 4.79 Å². The summed E-state index contributed by atoms with van der Waals surface area (Å²) in [6.45, 7) is 4.02. The fourth-order valence-corrected chi connectivity index (χ4v) is 3.10. The van der Waals surface area contributed by atoms with E-state index in [-0.39, 0.29) is 18.7 Å². The lowest BCUT2D eigenvalue weighted by atomic mass is 10.1. The summed E-state index contributed by atoms with van der Waals surface area (Å²) in [5.41, 5.74) is 2.90. The highest BCUT2D eigenvalue weighted by molar-refractivity contribution is 5.76. The van der Waals surface area contributed by atoms with E-state index in [2.05, 4.69) is 10.2 Å². The van der Waals surface area contributed by atoms with Crippen LogP contribution in [0.2, 0.25) is 0 Å². The maximum absolute atomic E-state index is 12.8.